The Morgan fingerprint density at radius 2 is 1.47 bits per heavy atom. The number of amides is 1. The van der Waals surface area contributed by atoms with E-state index in [1.165, 1.54) is 30.4 Å². The van der Waals surface area contributed by atoms with Gasteiger partial charge in [-0.1, -0.05) is 43.5 Å². The molecule has 80 valence electrons. The van der Waals surface area contributed by atoms with Gasteiger partial charge in [-0.3, -0.25) is 4.79 Å². The van der Waals surface area contributed by atoms with Crippen LogP contribution in [0.2, 0.25) is 0 Å². The number of carbonyl (C=O) groups excluding carboxylic acids is 1. The third kappa shape index (κ3) is 2.38. The number of benzene rings is 1. The molecule has 1 fully saturated rings. The fourth-order valence-corrected chi connectivity index (χ4v) is 2.05. The van der Waals surface area contributed by atoms with E-state index in [1.807, 2.05) is 0 Å². The minimum atomic E-state index is -0.102. The first-order valence-corrected chi connectivity index (χ1v) is 5.67. The molecule has 1 amide bonds. The van der Waals surface area contributed by atoms with Gasteiger partial charge in [0.15, 0.2) is 0 Å². The van der Waals surface area contributed by atoms with Crippen molar-refractivity contribution in [3.05, 3.63) is 24.3 Å². The van der Waals surface area contributed by atoms with Gasteiger partial charge in [0.1, 0.15) is 0 Å². The smallest absolute Gasteiger partial charge is 0.220 e. The fraction of sp³-hybridized carbons (Fsp3) is 0.462. The molecule has 2 heteroatoms. The molecule has 0 aliphatic heterocycles. The van der Waals surface area contributed by atoms with Gasteiger partial charge in [0, 0.05) is 5.92 Å². The number of fused-ring (bicyclic) bond motifs is 1. The number of primary amides is 1. The molecular formula is C13H17NO. The zero-order valence-corrected chi connectivity index (χ0v) is 8.91. The van der Waals surface area contributed by atoms with E-state index in [9.17, 15) is 4.79 Å². The second-order valence-electron chi connectivity index (χ2n) is 4.31. The lowest BCUT2D eigenvalue weighted by Crippen LogP contribution is -2.24. The topological polar surface area (TPSA) is 43.1 Å². The Kier molecular flexibility index (Phi) is 3.05. The van der Waals surface area contributed by atoms with E-state index in [0.29, 0.717) is 0 Å². The molecule has 3 aliphatic rings. The summed E-state index contributed by atoms with van der Waals surface area (Å²) in [7, 11) is 0. The van der Waals surface area contributed by atoms with Crippen molar-refractivity contribution in [1.82, 2.24) is 0 Å². The van der Waals surface area contributed by atoms with Gasteiger partial charge >= 0.3 is 0 Å². The molecule has 0 bridgehead atoms. The third-order valence-electron chi connectivity index (χ3n) is 3.23. The van der Waals surface area contributed by atoms with Gasteiger partial charge in [-0.25, -0.2) is 0 Å². The second kappa shape index (κ2) is 4.47. The molecular weight excluding hydrogens is 186 g/mol. The molecule has 2 N–H and O–H groups in total. The highest BCUT2D eigenvalue weighted by atomic mass is 16.1. The van der Waals surface area contributed by atoms with Crippen LogP contribution in [0.1, 0.15) is 32.1 Å². The van der Waals surface area contributed by atoms with E-state index >= 15 is 0 Å². The van der Waals surface area contributed by atoms with Crippen LogP contribution >= 0.6 is 0 Å². The van der Waals surface area contributed by atoms with Crippen molar-refractivity contribution in [2.45, 2.75) is 32.1 Å². The van der Waals surface area contributed by atoms with Crippen LogP contribution in [-0.4, -0.2) is 5.91 Å². The lowest BCUT2D eigenvalue weighted by Gasteiger charge is -2.17. The molecule has 0 aromatic carbocycles. The van der Waals surface area contributed by atoms with Gasteiger partial charge in [-0.05, 0) is 24.0 Å². The molecule has 3 rings (SSSR count). The van der Waals surface area contributed by atoms with E-state index in [1.54, 1.807) is 0 Å². The first-order valence-electron chi connectivity index (χ1n) is 5.67. The predicted molar refractivity (Wildman–Crippen MR) is 61.2 cm³/mol. The normalized spacial score (nSPS) is 17.6. The lowest BCUT2D eigenvalue weighted by molar-refractivity contribution is -0.122. The molecule has 2 nitrogen and oxygen atoms in total. The molecule has 1 saturated carbocycles. The quantitative estimate of drug-likeness (QED) is 0.760. The first-order chi connectivity index (χ1) is 7.27. The molecule has 0 spiro atoms. The number of rotatable bonds is 1. The summed E-state index contributed by atoms with van der Waals surface area (Å²) in [6, 6.07) is 8.48. The summed E-state index contributed by atoms with van der Waals surface area (Å²) in [6.45, 7) is 0. The highest BCUT2D eigenvalue weighted by molar-refractivity contribution is 5.76. The Bertz CT molecular complexity index is 315. The van der Waals surface area contributed by atoms with Crippen LogP contribution in [0.25, 0.3) is 11.1 Å². The standard InChI is InChI=1S/C7H13NO.C6H4/c8-7(9)6-4-2-1-3-5-6;1-2-6-4-3-5(1)6/h6H,1-5H2,(H2,8,9);1-4H. The molecule has 0 aromatic rings. The minimum Gasteiger partial charge on any atom is -0.369 e. The SMILES string of the molecule is NC(=O)C1CCCCC1.c1cc2ccc1-2. The van der Waals surface area contributed by atoms with Crippen LogP contribution in [0.15, 0.2) is 24.3 Å². The van der Waals surface area contributed by atoms with Crippen LogP contribution in [0.3, 0.4) is 0 Å². The Labute approximate surface area is 90.5 Å². The lowest BCUT2D eigenvalue weighted by atomic mass is 9.89. The Morgan fingerprint density at radius 3 is 1.67 bits per heavy atom. The molecule has 0 heterocycles. The molecule has 0 radical (unpaired) electrons. The van der Waals surface area contributed by atoms with E-state index in [0.717, 1.165) is 12.8 Å². The van der Waals surface area contributed by atoms with Crippen LogP contribution in [0.4, 0.5) is 0 Å². The van der Waals surface area contributed by atoms with Crippen molar-refractivity contribution < 1.29 is 4.79 Å². The zero-order chi connectivity index (χ0) is 10.7. The summed E-state index contributed by atoms with van der Waals surface area (Å²) in [5, 5.41) is 0. The molecule has 0 saturated heterocycles. The van der Waals surface area contributed by atoms with Crippen molar-refractivity contribution in [2.75, 3.05) is 0 Å². The highest BCUT2D eigenvalue weighted by Crippen LogP contribution is 2.29. The van der Waals surface area contributed by atoms with Crippen molar-refractivity contribution >= 4 is 5.91 Å². The third-order valence-corrected chi connectivity index (χ3v) is 3.23. The average molecular weight is 203 g/mol. The highest BCUT2D eigenvalue weighted by Gasteiger charge is 2.17. The van der Waals surface area contributed by atoms with Crippen molar-refractivity contribution in [3.63, 3.8) is 0 Å². The van der Waals surface area contributed by atoms with Crippen molar-refractivity contribution in [3.8, 4) is 11.1 Å². The van der Waals surface area contributed by atoms with E-state index in [-0.39, 0.29) is 11.8 Å². The van der Waals surface area contributed by atoms with Crippen molar-refractivity contribution in [2.24, 2.45) is 11.7 Å². The molecule has 0 unspecified atom stereocenters. The van der Waals surface area contributed by atoms with Crippen LogP contribution in [-0.2, 0) is 4.79 Å². The molecule has 15 heavy (non-hydrogen) atoms. The number of nitrogens with two attached hydrogens (primary N) is 1. The maximum Gasteiger partial charge on any atom is 0.220 e. The van der Waals surface area contributed by atoms with Crippen LogP contribution in [0.5, 0.6) is 0 Å². The molecule has 0 aromatic heterocycles. The summed E-state index contributed by atoms with van der Waals surface area (Å²) < 4.78 is 0. The number of hydrogen-bond acceptors (Lipinski definition) is 1. The minimum absolute atomic E-state index is 0.102. The van der Waals surface area contributed by atoms with E-state index < -0.39 is 0 Å². The van der Waals surface area contributed by atoms with Gasteiger partial charge < -0.3 is 5.73 Å². The van der Waals surface area contributed by atoms with E-state index in [2.05, 4.69) is 24.3 Å². The Morgan fingerprint density at radius 1 is 1.00 bits per heavy atom. The largest absolute Gasteiger partial charge is 0.369 e. The monoisotopic (exact) mass is 203 g/mol. The first kappa shape index (κ1) is 10.2. The second-order valence-corrected chi connectivity index (χ2v) is 4.31. The maximum atomic E-state index is 10.6. The van der Waals surface area contributed by atoms with Gasteiger partial charge in [0.05, 0.1) is 0 Å². The summed E-state index contributed by atoms with van der Waals surface area (Å²) in [5.74, 6) is 0.0912. The van der Waals surface area contributed by atoms with E-state index in [4.69, 9.17) is 5.73 Å². The molecule has 0 atom stereocenters. The number of carbonyl (C=O) groups is 1. The van der Waals surface area contributed by atoms with Gasteiger partial charge in [0.25, 0.3) is 0 Å². The summed E-state index contributed by atoms with van der Waals surface area (Å²) in [4.78, 5) is 10.6. The Hall–Kier alpha value is -1.31. The summed E-state index contributed by atoms with van der Waals surface area (Å²) in [6.07, 6.45) is 5.70. The number of hydrogen-bond donors (Lipinski definition) is 1. The van der Waals surface area contributed by atoms with Gasteiger partial charge in [0.2, 0.25) is 5.91 Å². The summed E-state index contributed by atoms with van der Waals surface area (Å²) in [5.41, 5.74) is 7.98. The Balaban J connectivity index is 0.000000121. The summed E-state index contributed by atoms with van der Waals surface area (Å²) >= 11 is 0. The van der Waals surface area contributed by atoms with Crippen molar-refractivity contribution in [1.29, 1.82) is 0 Å². The molecule has 3 aliphatic carbocycles. The van der Waals surface area contributed by atoms with Gasteiger partial charge in [-0.2, -0.15) is 0 Å². The fourth-order valence-electron chi connectivity index (χ4n) is 2.05. The maximum absolute atomic E-state index is 10.6. The van der Waals surface area contributed by atoms with Gasteiger partial charge in [-0.15, -0.1) is 0 Å². The van der Waals surface area contributed by atoms with Crippen LogP contribution < -0.4 is 5.73 Å². The predicted octanol–water partition coefficient (Wildman–Crippen LogP) is 2.72. The average Bonchev–Trinajstić information content (AvgIpc) is 2.25. The van der Waals surface area contributed by atoms with Crippen LogP contribution in [0, 0.1) is 5.92 Å². The zero-order valence-electron chi connectivity index (χ0n) is 8.91.